The van der Waals surface area contributed by atoms with E-state index in [0.717, 1.165) is 43.8 Å². The average Bonchev–Trinajstić information content (AvgIpc) is 2.56. The van der Waals surface area contributed by atoms with Gasteiger partial charge in [-0.05, 0) is 31.7 Å². The molecule has 2 amide bonds. The van der Waals surface area contributed by atoms with E-state index in [0.29, 0.717) is 5.92 Å². The van der Waals surface area contributed by atoms with E-state index in [4.69, 9.17) is 4.74 Å². The predicted molar refractivity (Wildman–Crippen MR) is 97.4 cm³/mol. The molecule has 5 heteroatoms. The molecule has 1 aromatic rings. The molecule has 1 unspecified atom stereocenters. The van der Waals surface area contributed by atoms with Gasteiger partial charge in [0.05, 0.1) is 13.2 Å². The Morgan fingerprint density at radius 3 is 2.54 bits per heavy atom. The number of methoxy groups -OCH3 is 1. The lowest BCUT2D eigenvalue weighted by Crippen LogP contribution is -2.48. The van der Waals surface area contributed by atoms with Crippen molar-refractivity contribution in [2.45, 2.75) is 45.7 Å². The summed E-state index contributed by atoms with van der Waals surface area (Å²) in [5.74, 6) is 1.49. The lowest BCUT2D eigenvalue weighted by atomic mass is 10.0. The number of rotatable bonds is 6. The van der Waals surface area contributed by atoms with Gasteiger partial charge in [0.15, 0.2) is 0 Å². The molecule has 1 aliphatic heterocycles. The highest BCUT2D eigenvalue weighted by Crippen LogP contribution is 2.24. The molecule has 1 aromatic carbocycles. The zero-order valence-corrected chi connectivity index (χ0v) is 15.3. The molecule has 0 aliphatic carbocycles. The van der Waals surface area contributed by atoms with Crippen molar-refractivity contribution >= 4 is 6.03 Å². The molecule has 2 rings (SSSR count). The second kappa shape index (κ2) is 8.92. The Labute approximate surface area is 145 Å². The summed E-state index contributed by atoms with van der Waals surface area (Å²) in [7, 11) is 1.65. The van der Waals surface area contributed by atoms with Crippen molar-refractivity contribution in [2.24, 2.45) is 5.92 Å². The number of ether oxygens (including phenoxy) is 1. The van der Waals surface area contributed by atoms with Gasteiger partial charge < -0.3 is 20.3 Å². The van der Waals surface area contributed by atoms with Crippen molar-refractivity contribution in [3.63, 3.8) is 0 Å². The SMILES string of the molecule is COc1ccccc1C(C)NC(=O)NC1CCN(CC(C)C)CC1. The molecule has 5 nitrogen and oxygen atoms in total. The first-order valence-electron chi connectivity index (χ1n) is 8.92. The third-order valence-corrected chi connectivity index (χ3v) is 4.50. The summed E-state index contributed by atoms with van der Waals surface area (Å²) in [6.45, 7) is 9.73. The van der Waals surface area contributed by atoms with Crippen LogP contribution in [0.3, 0.4) is 0 Å². The molecule has 0 saturated carbocycles. The first-order chi connectivity index (χ1) is 11.5. The zero-order chi connectivity index (χ0) is 17.5. The monoisotopic (exact) mass is 333 g/mol. The number of carbonyl (C=O) groups is 1. The van der Waals surface area contributed by atoms with E-state index >= 15 is 0 Å². The molecule has 24 heavy (non-hydrogen) atoms. The highest BCUT2D eigenvalue weighted by Gasteiger charge is 2.22. The Kier molecular flexibility index (Phi) is 6.91. The fourth-order valence-corrected chi connectivity index (χ4v) is 3.30. The van der Waals surface area contributed by atoms with Crippen LogP contribution in [0, 0.1) is 5.92 Å². The van der Waals surface area contributed by atoms with Crippen LogP contribution in [0.15, 0.2) is 24.3 Å². The Morgan fingerprint density at radius 2 is 1.92 bits per heavy atom. The Morgan fingerprint density at radius 1 is 1.25 bits per heavy atom. The number of para-hydroxylation sites is 1. The normalized spacial score (nSPS) is 17.5. The number of likely N-dealkylation sites (tertiary alicyclic amines) is 1. The van der Waals surface area contributed by atoms with Gasteiger partial charge in [-0.2, -0.15) is 0 Å². The second-order valence-corrected chi connectivity index (χ2v) is 7.05. The smallest absolute Gasteiger partial charge is 0.315 e. The van der Waals surface area contributed by atoms with Crippen LogP contribution < -0.4 is 15.4 Å². The molecule has 0 radical (unpaired) electrons. The van der Waals surface area contributed by atoms with Crippen LogP contribution in [0.2, 0.25) is 0 Å². The third kappa shape index (κ3) is 5.41. The van der Waals surface area contributed by atoms with E-state index in [1.807, 2.05) is 31.2 Å². The Hall–Kier alpha value is -1.75. The molecule has 2 N–H and O–H groups in total. The number of hydrogen-bond donors (Lipinski definition) is 2. The summed E-state index contributed by atoms with van der Waals surface area (Å²) in [6, 6.07) is 7.85. The number of benzene rings is 1. The number of piperidine rings is 1. The van der Waals surface area contributed by atoms with E-state index in [-0.39, 0.29) is 18.1 Å². The van der Waals surface area contributed by atoms with E-state index in [2.05, 4.69) is 29.4 Å². The first kappa shape index (κ1) is 18.6. The molecule has 1 fully saturated rings. The van der Waals surface area contributed by atoms with Crippen LogP contribution in [-0.4, -0.2) is 43.7 Å². The van der Waals surface area contributed by atoms with Crippen molar-refractivity contribution in [1.29, 1.82) is 0 Å². The fourth-order valence-electron chi connectivity index (χ4n) is 3.30. The quantitative estimate of drug-likeness (QED) is 0.841. The molecule has 1 saturated heterocycles. The number of urea groups is 1. The second-order valence-electron chi connectivity index (χ2n) is 7.05. The number of nitrogens with one attached hydrogen (secondary N) is 2. The van der Waals surface area contributed by atoms with Crippen molar-refractivity contribution in [3.8, 4) is 5.75 Å². The topological polar surface area (TPSA) is 53.6 Å². The maximum absolute atomic E-state index is 12.3. The molecule has 0 spiro atoms. The van der Waals surface area contributed by atoms with Gasteiger partial charge in [-0.3, -0.25) is 0 Å². The van der Waals surface area contributed by atoms with E-state index in [1.165, 1.54) is 0 Å². The standard InChI is InChI=1S/C19H31N3O2/c1-14(2)13-22-11-9-16(10-12-22)21-19(23)20-15(3)17-7-5-6-8-18(17)24-4/h5-8,14-16H,9-13H2,1-4H3,(H2,20,21,23). The van der Waals surface area contributed by atoms with Crippen LogP contribution in [-0.2, 0) is 0 Å². The Balaban J connectivity index is 1.79. The van der Waals surface area contributed by atoms with Crippen LogP contribution in [0.25, 0.3) is 0 Å². The maximum atomic E-state index is 12.3. The third-order valence-electron chi connectivity index (χ3n) is 4.50. The predicted octanol–water partition coefficient (Wildman–Crippen LogP) is 3.18. The molecule has 134 valence electrons. The van der Waals surface area contributed by atoms with Gasteiger partial charge in [-0.25, -0.2) is 4.79 Å². The average molecular weight is 333 g/mol. The van der Waals surface area contributed by atoms with Gasteiger partial charge in [0.1, 0.15) is 5.75 Å². The van der Waals surface area contributed by atoms with Gasteiger partial charge in [0, 0.05) is 31.2 Å². The fraction of sp³-hybridized carbons (Fsp3) is 0.632. The van der Waals surface area contributed by atoms with E-state index in [9.17, 15) is 4.79 Å². The summed E-state index contributed by atoms with van der Waals surface area (Å²) < 4.78 is 5.36. The van der Waals surface area contributed by atoms with Gasteiger partial charge in [0.2, 0.25) is 0 Å². The summed E-state index contributed by atoms with van der Waals surface area (Å²) in [5.41, 5.74) is 0.988. The number of nitrogens with zero attached hydrogens (tertiary/aromatic N) is 1. The van der Waals surface area contributed by atoms with Crippen LogP contribution >= 0.6 is 0 Å². The summed E-state index contributed by atoms with van der Waals surface area (Å²) in [4.78, 5) is 14.8. The minimum absolute atomic E-state index is 0.0952. The molecule has 1 atom stereocenters. The minimum atomic E-state index is -0.101. The molecular weight excluding hydrogens is 302 g/mol. The summed E-state index contributed by atoms with van der Waals surface area (Å²) in [6.07, 6.45) is 2.03. The molecular formula is C19H31N3O2. The highest BCUT2D eigenvalue weighted by atomic mass is 16.5. The molecule has 0 aromatic heterocycles. The largest absolute Gasteiger partial charge is 0.496 e. The first-order valence-corrected chi connectivity index (χ1v) is 8.92. The van der Waals surface area contributed by atoms with Gasteiger partial charge in [0.25, 0.3) is 0 Å². The number of amides is 2. The lowest BCUT2D eigenvalue weighted by Gasteiger charge is -2.33. The highest BCUT2D eigenvalue weighted by molar-refractivity contribution is 5.74. The molecule has 0 bridgehead atoms. The zero-order valence-electron chi connectivity index (χ0n) is 15.3. The van der Waals surface area contributed by atoms with Gasteiger partial charge in [-0.1, -0.05) is 32.0 Å². The van der Waals surface area contributed by atoms with Crippen LogP contribution in [0.1, 0.15) is 45.2 Å². The van der Waals surface area contributed by atoms with Gasteiger partial charge >= 0.3 is 6.03 Å². The number of carbonyl (C=O) groups excluding carboxylic acids is 1. The summed E-state index contributed by atoms with van der Waals surface area (Å²) in [5, 5.41) is 6.13. The number of hydrogen-bond acceptors (Lipinski definition) is 3. The van der Waals surface area contributed by atoms with Crippen molar-refractivity contribution in [2.75, 3.05) is 26.7 Å². The summed E-state index contributed by atoms with van der Waals surface area (Å²) >= 11 is 0. The van der Waals surface area contributed by atoms with Crippen LogP contribution in [0.5, 0.6) is 5.75 Å². The van der Waals surface area contributed by atoms with E-state index in [1.54, 1.807) is 7.11 Å². The lowest BCUT2D eigenvalue weighted by molar-refractivity contribution is 0.177. The van der Waals surface area contributed by atoms with Crippen molar-refractivity contribution in [1.82, 2.24) is 15.5 Å². The van der Waals surface area contributed by atoms with E-state index < -0.39 is 0 Å². The maximum Gasteiger partial charge on any atom is 0.315 e. The van der Waals surface area contributed by atoms with Crippen molar-refractivity contribution in [3.05, 3.63) is 29.8 Å². The van der Waals surface area contributed by atoms with Crippen LogP contribution in [0.4, 0.5) is 4.79 Å². The molecule has 1 heterocycles. The van der Waals surface area contributed by atoms with Crippen molar-refractivity contribution < 1.29 is 9.53 Å². The van der Waals surface area contributed by atoms with Gasteiger partial charge in [-0.15, -0.1) is 0 Å². The minimum Gasteiger partial charge on any atom is -0.496 e. The Bertz CT molecular complexity index is 525. The molecule has 1 aliphatic rings.